The zero-order valence-corrected chi connectivity index (χ0v) is 26.4. The molecule has 0 nitrogen and oxygen atoms in total. The largest absolute Gasteiger partial charge is 0.0967 e. The van der Waals surface area contributed by atoms with E-state index < -0.39 is 16.4 Å². The predicted molar refractivity (Wildman–Crippen MR) is 143 cm³/mol. The second-order valence-corrected chi connectivity index (χ2v) is 27.6. The molecular formula is C26H55Si3. The molecular weight excluding hydrogens is 397 g/mol. The predicted octanol–water partition coefficient (Wildman–Crippen LogP) is 9.74. The Bertz CT molecular complexity index is 513. The number of rotatable bonds is 5. The number of hydrogen-bond donors (Lipinski definition) is 0. The van der Waals surface area contributed by atoms with Crippen LogP contribution < -0.4 is 0 Å². The minimum atomic E-state index is -1.90. The van der Waals surface area contributed by atoms with Crippen molar-refractivity contribution in [1.29, 1.82) is 0 Å². The molecule has 0 aliphatic rings. The summed E-state index contributed by atoms with van der Waals surface area (Å²) in [6.07, 6.45) is 2.47. The summed E-state index contributed by atoms with van der Waals surface area (Å²) in [4.78, 5) is 0. The van der Waals surface area contributed by atoms with Crippen LogP contribution in [0.1, 0.15) is 131 Å². The van der Waals surface area contributed by atoms with E-state index in [1.165, 1.54) is 12.8 Å². The van der Waals surface area contributed by atoms with Gasteiger partial charge in [-0.2, -0.15) is 0 Å². The third kappa shape index (κ3) is 6.00. The van der Waals surface area contributed by atoms with Crippen molar-refractivity contribution in [2.24, 2.45) is 0 Å². The van der Waals surface area contributed by atoms with Gasteiger partial charge in [-0.1, -0.05) is 128 Å². The molecule has 0 bridgehead atoms. The Kier molecular flexibility index (Phi) is 9.22. The molecule has 0 spiro atoms. The van der Waals surface area contributed by atoms with Gasteiger partial charge in [0.25, 0.3) is 0 Å². The smallest absolute Gasteiger partial charge is 0.0932 e. The van der Waals surface area contributed by atoms with Crippen LogP contribution in [0, 0.1) is 0 Å². The van der Waals surface area contributed by atoms with Crippen molar-refractivity contribution in [2.45, 2.75) is 156 Å². The molecule has 0 aromatic rings. The molecule has 0 atom stereocenters. The number of allylic oxidation sites excluding steroid dienone is 2. The quantitative estimate of drug-likeness (QED) is 0.365. The molecule has 0 aromatic carbocycles. The Morgan fingerprint density at radius 3 is 1.07 bits per heavy atom. The monoisotopic (exact) mass is 451 g/mol. The zero-order chi connectivity index (χ0) is 23.9. The highest BCUT2D eigenvalue weighted by Gasteiger charge is 2.61. The lowest BCUT2D eigenvalue weighted by molar-refractivity contribution is 0.537. The third-order valence-corrected chi connectivity index (χ3v) is 25.6. The summed E-state index contributed by atoms with van der Waals surface area (Å²) in [6.45, 7) is 42.9. The van der Waals surface area contributed by atoms with E-state index in [9.17, 15) is 0 Å². The van der Waals surface area contributed by atoms with E-state index in [1.54, 1.807) is 0 Å². The highest BCUT2D eigenvalue weighted by molar-refractivity contribution is 7.18. The average molecular weight is 452 g/mol. The minimum Gasteiger partial charge on any atom is -0.0932 e. The van der Waals surface area contributed by atoms with Crippen LogP contribution in [0.25, 0.3) is 0 Å². The van der Waals surface area contributed by atoms with Gasteiger partial charge >= 0.3 is 0 Å². The molecule has 0 aliphatic carbocycles. The first-order valence-corrected chi connectivity index (χ1v) is 17.4. The highest BCUT2D eigenvalue weighted by atomic mass is 29.2. The first kappa shape index (κ1) is 29.4. The normalized spacial score (nSPS) is 16.3. The Balaban J connectivity index is 7.23. The minimum absolute atomic E-state index is 0.329. The molecule has 0 rings (SSSR count). The number of hydrogen-bond acceptors (Lipinski definition) is 0. The van der Waals surface area contributed by atoms with Crippen molar-refractivity contribution in [1.82, 2.24) is 0 Å². The fourth-order valence-electron chi connectivity index (χ4n) is 7.47. The van der Waals surface area contributed by atoms with Gasteiger partial charge in [0.15, 0.2) is 0 Å². The van der Waals surface area contributed by atoms with Gasteiger partial charge in [0, 0.05) is 0 Å². The molecule has 0 saturated carbocycles. The molecule has 0 aliphatic heterocycles. The van der Waals surface area contributed by atoms with Gasteiger partial charge < -0.3 is 0 Å². The van der Waals surface area contributed by atoms with Crippen LogP contribution >= 0.6 is 0 Å². The molecule has 3 heteroatoms. The Hall–Kier alpha value is 0.391. The van der Waals surface area contributed by atoms with Crippen LogP contribution in [0.5, 0.6) is 0 Å². The van der Waals surface area contributed by atoms with Crippen molar-refractivity contribution < 1.29 is 0 Å². The van der Waals surface area contributed by atoms with Gasteiger partial charge in [-0.05, 0) is 38.0 Å². The molecule has 0 fully saturated rings. The van der Waals surface area contributed by atoms with E-state index in [4.69, 9.17) is 0 Å². The second-order valence-electron chi connectivity index (χ2n) is 14.2. The maximum absolute atomic E-state index is 2.56. The van der Waals surface area contributed by atoms with Crippen molar-refractivity contribution in [2.75, 3.05) is 0 Å². The Morgan fingerprint density at radius 2 is 0.897 bits per heavy atom. The van der Waals surface area contributed by atoms with Gasteiger partial charge in [-0.25, -0.2) is 0 Å². The van der Waals surface area contributed by atoms with Crippen LogP contribution in [-0.2, 0) is 0 Å². The fraction of sp³-hybridized carbons (Fsp3) is 0.923. The second kappa shape index (κ2) is 9.10. The first-order chi connectivity index (χ1) is 12.5. The lowest BCUT2D eigenvalue weighted by Gasteiger charge is -2.61. The summed E-state index contributed by atoms with van der Waals surface area (Å²) in [7, 11) is -1.41. The third-order valence-electron chi connectivity index (χ3n) is 6.67. The molecule has 0 unspecified atom stereocenters. The lowest BCUT2D eigenvalue weighted by atomic mass is 10.2. The highest BCUT2D eigenvalue weighted by Crippen LogP contribution is 2.66. The SMILES string of the molecule is CC/C([Si][Si](C(C)(C)C)C(C)(C)C)=C(/CC)[Si](C(C)(C)C)(C(C)(C)C)C(C)(C)C. The molecule has 0 heterocycles. The van der Waals surface area contributed by atoms with E-state index in [2.05, 4.69) is 118 Å². The maximum Gasteiger partial charge on any atom is 0.0967 e. The summed E-state index contributed by atoms with van der Waals surface area (Å²) in [6, 6.07) is 0. The van der Waals surface area contributed by atoms with Gasteiger partial charge in [0.05, 0.1) is 25.4 Å². The fourth-order valence-corrected chi connectivity index (χ4v) is 27.2. The maximum atomic E-state index is 2.56. The van der Waals surface area contributed by atoms with Crippen LogP contribution in [0.15, 0.2) is 10.4 Å². The molecule has 0 aromatic heterocycles. The van der Waals surface area contributed by atoms with Crippen LogP contribution in [0.3, 0.4) is 0 Å². The van der Waals surface area contributed by atoms with E-state index in [0.717, 1.165) is 9.04 Å². The van der Waals surface area contributed by atoms with Gasteiger partial charge in [0.1, 0.15) is 0 Å². The van der Waals surface area contributed by atoms with Crippen molar-refractivity contribution in [3.63, 3.8) is 0 Å². The van der Waals surface area contributed by atoms with Gasteiger partial charge in [-0.3, -0.25) is 0 Å². The zero-order valence-electron chi connectivity index (χ0n) is 23.4. The molecule has 3 radical (unpaired) electrons. The lowest BCUT2D eigenvalue weighted by Crippen LogP contribution is -2.61. The summed E-state index contributed by atoms with van der Waals surface area (Å²) in [5.41, 5.74) is 0. The van der Waals surface area contributed by atoms with E-state index in [0.29, 0.717) is 25.2 Å². The standard InChI is InChI=1S/C26H55Si3/c1-18-20(27-28(22(3,4)5)23(6,7)8)21(19-2)29(24(9,10)11,25(12,13)14)26(15,16)17/h18-19H2,1-17H3/b21-20+. The average Bonchev–Trinajstić information content (AvgIpc) is 2.38. The first-order valence-electron chi connectivity index (χ1n) is 11.9. The van der Waals surface area contributed by atoms with Gasteiger partial charge in [0.2, 0.25) is 0 Å². The topological polar surface area (TPSA) is 0 Å². The summed E-state index contributed by atoms with van der Waals surface area (Å²) < 4.78 is 0. The molecule has 0 amide bonds. The Morgan fingerprint density at radius 1 is 0.586 bits per heavy atom. The molecule has 29 heavy (non-hydrogen) atoms. The summed E-state index contributed by atoms with van der Waals surface area (Å²) in [5, 5.41) is 5.62. The summed E-state index contributed by atoms with van der Waals surface area (Å²) in [5.74, 6) is 0. The van der Waals surface area contributed by atoms with E-state index in [-0.39, 0.29) is 0 Å². The molecule has 171 valence electrons. The Labute approximate surface area is 191 Å². The van der Waals surface area contributed by atoms with Crippen LogP contribution in [-0.4, -0.2) is 25.4 Å². The van der Waals surface area contributed by atoms with E-state index >= 15 is 0 Å². The van der Waals surface area contributed by atoms with Crippen molar-refractivity contribution in [3.05, 3.63) is 10.4 Å². The molecule has 0 saturated heterocycles. The summed E-state index contributed by atoms with van der Waals surface area (Å²) >= 11 is 0. The van der Waals surface area contributed by atoms with Gasteiger partial charge in [-0.15, -0.1) is 0 Å². The molecule has 0 N–H and O–H groups in total. The van der Waals surface area contributed by atoms with Crippen LogP contribution in [0.4, 0.5) is 0 Å². The van der Waals surface area contributed by atoms with Crippen LogP contribution in [0.2, 0.25) is 25.2 Å². The van der Waals surface area contributed by atoms with Crippen molar-refractivity contribution in [3.8, 4) is 0 Å². The van der Waals surface area contributed by atoms with Crippen molar-refractivity contribution >= 4 is 25.4 Å². The van der Waals surface area contributed by atoms with E-state index in [1.807, 2.05) is 10.4 Å².